The molecule has 3 aliphatic rings. The van der Waals surface area contributed by atoms with Crippen LogP contribution in [0.4, 0.5) is 0 Å². The summed E-state index contributed by atoms with van der Waals surface area (Å²) >= 11 is 1.80. The van der Waals surface area contributed by atoms with Gasteiger partial charge in [-0.3, -0.25) is 9.69 Å². The molecule has 20 heavy (non-hydrogen) atoms. The van der Waals surface area contributed by atoms with E-state index in [9.17, 15) is 4.79 Å². The number of amides is 1. The summed E-state index contributed by atoms with van der Waals surface area (Å²) in [7, 11) is 0. The van der Waals surface area contributed by atoms with Crippen LogP contribution in [0.5, 0.6) is 0 Å². The molecule has 2 aliphatic heterocycles. The zero-order chi connectivity index (χ0) is 13.5. The first-order chi connectivity index (χ1) is 9.79. The second kappa shape index (κ2) is 5.13. The maximum atomic E-state index is 12.1. The molecule has 1 aromatic rings. The standard InChI is InChI=1S/C15H20N2O2S/c18-15-10-19-14-9-16(7-12-2-1-5-20-12)8-13(14)17(15)6-11-3-4-11/h1-2,5,11,13-14H,3-4,6-10H2/t13-,14-/m1/s1. The Labute approximate surface area is 123 Å². The highest BCUT2D eigenvalue weighted by Gasteiger charge is 2.44. The first-order valence-corrected chi connectivity index (χ1v) is 8.33. The fourth-order valence-electron chi connectivity index (χ4n) is 3.31. The number of thiophene rings is 1. The van der Waals surface area contributed by atoms with Crippen LogP contribution in [0.2, 0.25) is 0 Å². The molecule has 1 aliphatic carbocycles. The maximum Gasteiger partial charge on any atom is 0.248 e. The summed E-state index contributed by atoms with van der Waals surface area (Å²) in [5.74, 6) is 0.945. The Kier molecular flexibility index (Phi) is 3.28. The molecule has 2 saturated heterocycles. The minimum absolute atomic E-state index is 0.191. The maximum absolute atomic E-state index is 12.1. The van der Waals surface area contributed by atoms with Gasteiger partial charge in [-0.05, 0) is 30.2 Å². The van der Waals surface area contributed by atoms with Crippen LogP contribution in [-0.4, -0.2) is 54.1 Å². The molecule has 4 rings (SSSR count). The number of hydrogen-bond donors (Lipinski definition) is 0. The number of carbonyl (C=O) groups excluding carboxylic acids is 1. The molecular weight excluding hydrogens is 272 g/mol. The molecule has 4 nitrogen and oxygen atoms in total. The second-order valence-electron chi connectivity index (χ2n) is 6.18. The first kappa shape index (κ1) is 12.8. The number of carbonyl (C=O) groups is 1. The molecule has 0 radical (unpaired) electrons. The summed E-state index contributed by atoms with van der Waals surface area (Å²) in [5.41, 5.74) is 0. The molecule has 3 heterocycles. The minimum atomic E-state index is 0.191. The summed E-state index contributed by atoms with van der Waals surface area (Å²) in [6.07, 6.45) is 2.80. The average Bonchev–Trinajstić information content (AvgIpc) is 2.95. The molecular formula is C15H20N2O2S. The number of hydrogen-bond acceptors (Lipinski definition) is 4. The summed E-state index contributed by atoms with van der Waals surface area (Å²) in [5, 5.41) is 2.12. The van der Waals surface area contributed by atoms with E-state index in [1.54, 1.807) is 11.3 Å². The lowest BCUT2D eigenvalue weighted by atomic mass is 10.1. The predicted molar refractivity (Wildman–Crippen MR) is 77.6 cm³/mol. The lowest BCUT2D eigenvalue weighted by Crippen LogP contribution is -2.54. The van der Waals surface area contributed by atoms with Crippen LogP contribution in [0, 0.1) is 5.92 Å². The third-order valence-corrected chi connectivity index (χ3v) is 5.43. The number of ether oxygens (including phenoxy) is 1. The van der Waals surface area contributed by atoms with Crippen LogP contribution in [0.25, 0.3) is 0 Å². The van der Waals surface area contributed by atoms with Gasteiger partial charge >= 0.3 is 0 Å². The van der Waals surface area contributed by atoms with E-state index >= 15 is 0 Å². The van der Waals surface area contributed by atoms with Gasteiger partial charge in [0.05, 0.1) is 12.1 Å². The Balaban J connectivity index is 1.44. The highest BCUT2D eigenvalue weighted by Crippen LogP contribution is 2.33. The molecule has 0 spiro atoms. The Morgan fingerprint density at radius 3 is 3.00 bits per heavy atom. The highest BCUT2D eigenvalue weighted by atomic mass is 32.1. The highest BCUT2D eigenvalue weighted by molar-refractivity contribution is 7.09. The van der Waals surface area contributed by atoms with Crippen molar-refractivity contribution in [2.24, 2.45) is 5.92 Å². The van der Waals surface area contributed by atoms with E-state index in [1.807, 2.05) is 0 Å². The smallest absolute Gasteiger partial charge is 0.248 e. The van der Waals surface area contributed by atoms with Crippen molar-refractivity contribution >= 4 is 17.2 Å². The van der Waals surface area contributed by atoms with Crippen LogP contribution in [0.1, 0.15) is 17.7 Å². The van der Waals surface area contributed by atoms with Crippen LogP contribution in [0.3, 0.4) is 0 Å². The fourth-order valence-corrected chi connectivity index (χ4v) is 4.06. The van der Waals surface area contributed by atoms with E-state index in [-0.39, 0.29) is 24.7 Å². The van der Waals surface area contributed by atoms with Crippen LogP contribution in [0.15, 0.2) is 17.5 Å². The van der Waals surface area contributed by atoms with Crippen molar-refractivity contribution in [3.05, 3.63) is 22.4 Å². The van der Waals surface area contributed by atoms with Gasteiger partial charge in [-0.25, -0.2) is 0 Å². The van der Waals surface area contributed by atoms with Crippen LogP contribution >= 0.6 is 11.3 Å². The van der Waals surface area contributed by atoms with Gasteiger partial charge in [0.25, 0.3) is 0 Å². The Bertz CT molecular complexity index is 486. The molecule has 0 aromatic carbocycles. The molecule has 3 fully saturated rings. The van der Waals surface area contributed by atoms with Crippen molar-refractivity contribution in [1.29, 1.82) is 0 Å². The minimum Gasteiger partial charge on any atom is -0.365 e. The lowest BCUT2D eigenvalue weighted by molar-refractivity contribution is -0.153. The third kappa shape index (κ3) is 2.50. The van der Waals surface area contributed by atoms with Crippen molar-refractivity contribution in [3.8, 4) is 0 Å². The van der Waals surface area contributed by atoms with Gasteiger partial charge in [-0.2, -0.15) is 0 Å². The number of morpholine rings is 1. The van der Waals surface area contributed by atoms with Crippen molar-refractivity contribution < 1.29 is 9.53 Å². The molecule has 0 bridgehead atoms. The summed E-state index contributed by atoms with van der Waals surface area (Å²) in [6.45, 7) is 4.13. The monoisotopic (exact) mass is 292 g/mol. The quantitative estimate of drug-likeness (QED) is 0.844. The van der Waals surface area contributed by atoms with Gasteiger partial charge in [0, 0.05) is 31.1 Å². The summed E-state index contributed by atoms with van der Waals surface area (Å²) in [6, 6.07) is 4.56. The molecule has 1 saturated carbocycles. The van der Waals surface area contributed by atoms with E-state index in [0.29, 0.717) is 0 Å². The van der Waals surface area contributed by atoms with Crippen molar-refractivity contribution in [2.45, 2.75) is 31.5 Å². The number of likely N-dealkylation sites (tertiary alicyclic amines) is 1. The molecule has 1 aromatic heterocycles. The zero-order valence-corrected chi connectivity index (χ0v) is 12.3. The van der Waals surface area contributed by atoms with Gasteiger partial charge in [0.1, 0.15) is 6.61 Å². The van der Waals surface area contributed by atoms with E-state index < -0.39 is 0 Å². The first-order valence-electron chi connectivity index (χ1n) is 7.45. The third-order valence-electron chi connectivity index (χ3n) is 4.57. The van der Waals surface area contributed by atoms with Crippen LogP contribution < -0.4 is 0 Å². The van der Waals surface area contributed by atoms with Gasteiger partial charge in [-0.15, -0.1) is 11.3 Å². The van der Waals surface area contributed by atoms with Gasteiger partial charge < -0.3 is 9.64 Å². The normalized spacial score (nSPS) is 30.8. The molecule has 5 heteroatoms. The van der Waals surface area contributed by atoms with E-state index in [1.165, 1.54) is 17.7 Å². The molecule has 0 N–H and O–H groups in total. The Morgan fingerprint density at radius 1 is 1.35 bits per heavy atom. The molecule has 108 valence electrons. The average molecular weight is 292 g/mol. The molecule has 2 atom stereocenters. The Morgan fingerprint density at radius 2 is 2.25 bits per heavy atom. The molecule has 1 amide bonds. The summed E-state index contributed by atoms with van der Waals surface area (Å²) in [4.78, 5) is 18.0. The van der Waals surface area contributed by atoms with Crippen molar-refractivity contribution in [3.63, 3.8) is 0 Å². The summed E-state index contributed by atoms with van der Waals surface area (Å²) < 4.78 is 5.77. The van der Waals surface area contributed by atoms with E-state index in [4.69, 9.17) is 4.74 Å². The van der Waals surface area contributed by atoms with E-state index in [0.717, 1.165) is 32.1 Å². The lowest BCUT2D eigenvalue weighted by Gasteiger charge is -2.36. The predicted octanol–water partition coefficient (Wildman–Crippen LogP) is 1.57. The van der Waals surface area contributed by atoms with Crippen molar-refractivity contribution in [2.75, 3.05) is 26.2 Å². The largest absolute Gasteiger partial charge is 0.365 e. The topological polar surface area (TPSA) is 32.8 Å². The number of nitrogens with zero attached hydrogens (tertiary/aromatic N) is 2. The van der Waals surface area contributed by atoms with Gasteiger partial charge in [-0.1, -0.05) is 6.07 Å². The van der Waals surface area contributed by atoms with E-state index in [2.05, 4.69) is 27.3 Å². The number of rotatable bonds is 4. The fraction of sp³-hybridized carbons (Fsp3) is 0.667. The number of fused-ring (bicyclic) bond motifs is 1. The SMILES string of the molecule is O=C1CO[C@@H]2CN(Cc3cccs3)C[C@H]2N1CC1CC1. The molecule has 0 unspecified atom stereocenters. The zero-order valence-electron chi connectivity index (χ0n) is 11.5. The van der Waals surface area contributed by atoms with Crippen LogP contribution in [-0.2, 0) is 16.1 Å². The van der Waals surface area contributed by atoms with Gasteiger partial charge in [0.15, 0.2) is 0 Å². The second-order valence-corrected chi connectivity index (χ2v) is 7.21. The van der Waals surface area contributed by atoms with Gasteiger partial charge in [0.2, 0.25) is 5.91 Å². The Hall–Kier alpha value is -0.910. The van der Waals surface area contributed by atoms with Crippen molar-refractivity contribution in [1.82, 2.24) is 9.80 Å².